The van der Waals surface area contributed by atoms with Crippen LogP contribution in [-0.2, 0) is 6.42 Å². The Morgan fingerprint density at radius 1 is 1.38 bits per heavy atom. The Kier molecular flexibility index (Phi) is 3.90. The maximum Gasteiger partial charge on any atom is 0.396 e. The molecular formula is C9H14F3N3O. The highest BCUT2D eigenvalue weighted by molar-refractivity contribution is 4.97. The van der Waals surface area contributed by atoms with Crippen molar-refractivity contribution in [2.24, 2.45) is 11.7 Å². The van der Waals surface area contributed by atoms with Crippen LogP contribution in [0.25, 0.3) is 0 Å². The fourth-order valence-corrected chi connectivity index (χ4v) is 1.33. The van der Waals surface area contributed by atoms with E-state index in [1.54, 1.807) is 0 Å². The molecule has 1 aromatic heterocycles. The summed E-state index contributed by atoms with van der Waals surface area (Å²) < 4.78 is 40.9. The van der Waals surface area contributed by atoms with Gasteiger partial charge in [0.25, 0.3) is 0 Å². The monoisotopic (exact) mass is 237 g/mol. The zero-order valence-electron chi connectivity index (χ0n) is 9.08. The molecule has 0 spiro atoms. The minimum atomic E-state index is -4.32. The molecule has 1 heterocycles. The van der Waals surface area contributed by atoms with Crippen molar-refractivity contribution in [2.45, 2.75) is 32.4 Å². The first kappa shape index (κ1) is 13.0. The van der Waals surface area contributed by atoms with Crippen molar-refractivity contribution in [3.63, 3.8) is 0 Å². The van der Waals surface area contributed by atoms with Gasteiger partial charge < -0.3 is 10.3 Å². The highest BCUT2D eigenvalue weighted by Crippen LogP contribution is 2.24. The molecule has 2 N–H and O–H groups in total. The van der Waals surface area contributed by atoms with E-state index in [0.717, 1.165) is 0 Å². The Morgan fingerprint density at radius 3 is 2.44 bits per heavy atom. The number of hydrogen-bond donors (Lipinski definition) is 1. The second kappa shape index (κ2) is 4.82. The highest BCUT2D eigenvalue weighted by Gasteiger charge is 2.31. The van der Waals surface area contributed by atoms with Crippen LogP contribution in [0, 0.1) is 5.92 Å². The normalized spacial score (nSPS) is 14.4. The average Bonchev–Trinajstić information content (AvgIpc) is 2.50. The zero-order valence-corrected chi connectivity index (χ0v) is 9.08. The third kappa shape index (κ3) is 3.48. The maximum absolute atomic E-state index is 12.0. The fraction of sp³-hybridized carbons (Fsp3) is 0.778. The molecule has 0 bridgehead atoms. The minimum Gasteiger partial charge on any atom is -0.339 e. The predicted octanol–water partition coefficient (Wildman–Crippen LogP) is 1.87. The highest BCUT2D eigenvalue weighted by atomic mass is 19.4. The van der Waals surface area contributed by atoms with Gasteiger partial charge in [-0.25, -0.2) is 0 Å². The molecule has 0 saturated heterocycles. The van der Waals surface area contributed by atoms with Crippen LogP contribution in [0.5, 0.6) is 0 Å². The minimum absolute atomic E-state index is 0.143. The summed E-state index contributed by atoms with van der Waals surface area (Å²) in [6, 6.07) is 0. The molecule has 0 aromatic carbocycles. The Labute approximate surface area is 91.0 Å². The predicted molar refractivity (Wildman–Crippen MR) is 50.7 cm³/mol. The van der Waals surface area contributed by atoms with Gasteiger partial charge in [0.05, 0.1) is 5.92 Å². The van der Waals surface area contributed by atoms with Gasteiger partial charge in [-0.05, 0) is 5.92 Å². The van der Waals surface area contributed by atoms with Crippen LogP contribution in [0.2, 0.25) is 0 Å². The number of hydrogen-bond acceptors (Lipinski definition) is 4. The average molecular weight is 237 g/mol. The van der Waals surface area contributed by atoms with Crippen LogP contribution in [0.15, 0.2) is 4.52 Å². The van der Waals surface area contributed by atoms with E-state index in [1.807, 2.05) is 13.8 Å². The number of nitrogens with zero attached hydrogens (tertiary/aromatic N) is 2. The lowest BCUT2D eigenvalue weighted by Crippen LogP contribution is -2.18. The second-order valence-electron chi connectivity index (χ2n) is 3.93. The topological polar surface area (TPSA) is 64.9 Å². The van der Waals surface area contributed by atoms with Crippen LogP contribution < -0.4 is 5.73 Å². The molecule has 0 amide bonds. The summed E-state index contributed by atoms with van der Waals surface area (Å²) in [4.78, 5) is 3.71. The van der Waals surface area contributed by atoms with Crippen molar-refractivity contribution >= 4 is 0 Å². The fourth-order valence-electron chi connectivity index (χ4n) is 1.33. The lowest BCUT2D eigenvalue weighted by Gasteiger charge is -2.13. The van der Waals surface area contributed by atoms with Crippen LogP contribution in [0.1, 0.15) is 31.5 Å². The molecule has 0 aliphatic rings. The molecule has 7 heteroatoms. The third-order valence-electron chi connectivity index (χ3n) is 2.22. The second-order valence-corrected chi connectivity index (χ2v) is 3.93. The summed E-state index contributed by atoms with van der Waals surface area (Å²) in [6.07, 6.45) is -5.50. The molecule has 4 nitrogen and oxygen atoms in total. The van der Waals surface area contributed by atoms with E-state index in [0.29, 0.717) is 0 Å². The first-order chi connectivity index (χ1) is 7.33. The van der Waals surface area contributed by atoms with Crippen LogP contribution >= 0.6 is 0 Å². The molecule has 0 fully saturated rings. The standard InChI is InChI=1S/C9H14F3N3O/c1-5(2)6(4-13)8-14-7(15-16-8)3-9(10,11)12/h5-6H,3-4,13H2,1-2H3. The number of nitrogens with two attached hydrogens (primary N) is 1. The lowest BCUT2D eigenvalue weighted by atomic mass is 9.96. The quantitative estimate of drug-likeness (QED) is 0.868. The van der Waals surface area contributed by atoms with E-state index in [9.17, 15) is 13.2 Å². The van der Waals surface area contributed by atoms with Gasteiger partial charge >= 0.3 is 6.18 Å². The van der Waals surface area contributed by atoms with Crippen LogP contribution in [-0.4, -0.2) is 22.9 Å². The van der Waals surface area contributed by atoms with Crippen molar-refractivity contribution in [3.05, 3.63) is 11.7 Å². The third-order valence-corrected chi connectivity index (χ3v) is 2.22. The Morgan fingerprint density at radius 2 is 2.00 bits per heavy atom. The van der Waals surface area contributed by atoms with Crippen molar-refractivity contribution in [1.29, 1.82) is 0 Å². The van der Waals surface area contributed by atoms with E-state index in [1.165, 1.54) is 0 Å². The summed E-state index contributed by atoms with van der Waals surface area (Å²) >= 11 is 0. The van der Waals surface area contributed by atoms with Crippen LogP contribution in [0.4, 0.5) is 13.2 Å². The van der Waals surface area contributed by atoms with Gasteiger partial charge in [0.1, 0.15) is 6.42 Å². The lowest BCUT2D eigenvalue weighted by molar-refractivity contribution is -0.128. The van der Waals surface area contributed by atoms with Gasteiger partial charge in [-0.3, -0.25) is 0 Å². The van der Waals surface area contributed by atoms with Gasteiger partial charge in [-0.1, -0.05) is 19.0 Å². The maximum atomic E-state index is 12.0. The molecule has 16 heavy (non-hydrogen) atoms. The van der Waals surface area contributed by atoms with Gasteiger partial charge in [0.2, 0.25) is 5.89 Å². The van der Waals surface area contributed by atoms with Crippen molar-refractivity contribution < 1.29 is 17.7 Å². The van der Waals surface area contributed by atoms with Gasteiger partial charge in [0.15, 0.2) is 5.82 Å². The smallest absolute Gasteiger partial charge is 0.339 e. The first-order valence-electron chi connectivity index (χ1n) is 4.92. The summed E-state index contributed by atoms with van der Waals surface area (Å²) in [5, 5.41) is 3.29. The first-order valence-corrected chi connectivity index (χ1v) is 4.92. The molecule has 0 saturated carbocycles. The van der Waals surface area contributed by atoms with Crippen molar-refractivity contribution in [2.75, 3.05) is 6.54 Å². The molecule has 1 atom stereocenters. The number of rotatable bonds is 4. The summed E-state index contributed by atoms with van der Waals surface area (Å²) in [6.45, 7) is 4.06. The Bertz CT molecular complexity index is 335. The van der Waals surface area contributed by atoms with Gasteiger partial charge in [0, 0.05) is 6.54 Å². The van der Waals surface area contributed by atoms with Crippen LogP contribution in [0.3, 0.4) is 0 Å². The van der Waals surface area contributed by atoms with E-state index in [-0.39, 0.29) is 30.1 Å². The largest absolute Gasteiger partial charge is 0.396 e. The molecule has 0 radical (unpaired) electrons. The van der Waals surface area contributed by atoms with Crippen molar-refractivity contribution in [3.8, 4) is 0 Å². The molecule has 1 aromatic rings. The Balaban J connectivity index is 2.78. The van der Waals surface area contributed by atoms with Gasteiger partial charge in [-0.15, -0.1) is 0 Å². The van der Waals surface area contributed by atoms with Crippen molar-refractivity contribution in [1.82, 2.24) is 10.1 Å². The summed E-state index contributed by atoms with van der Waals surface area (Å²) in [7, 11) is 0. The molecular weight excluding hydrogens is 223 g/mol. The molecule has 0 aliphatic heterocycles. The van der Waals surface area contributed by atoms with E-state index >= 15 is 0 Å². The van der Waals surface area contributed by atoms with E-state index < -0.39 is 12.6 Å². The number of halogens is 3. The zero-order chi connectivity index (χ0) is 12.3. The SMILES string of the molecule is CC(C)C(CN)c1nc(CC(F)(F)F)no1. The molecule has 92 valence electrons. The molecule has 0 aliphatic carbocycles. The summed E-state index contributed by atoms with van der Waals surface area (Å²) in [5.74, 6) is -0.225. The molecule has 1 rings (SSSR count). The number of alkyl halides is 3. The van der Waals surface area contributed by atoms with Gasteiger partial charge in [-0.2, -0.15) is 18.2 Å². The Hall–Kier alpha value is -1.11. The van der Waals surface area contributed by atoms with E-state index in [4.69, 9.17) is 10.3 Å². The number of aromatic nitrogens is 2. The molecule has 1 unspecified atom stereocenters. The van der Waals surface area contributed by atoms with E-state index in [2.05, 4.69) is 10.1 Å². The summed E-state index contributed by atoms with van der Waals surface area (Å²) in [5.41, 5.74) is 5.49.